The van der Waals surface area contributed by atoms with Crippen LogP contribution in [0.25, 0.3) is 11.1 Å². The van der Waals surface area contributed by atoms with Crippen LogP contribution in [0.15, 0.2) is 39.5 Å². The number of aromatic nitrogens is 1. The molecule has 0 radical (unpaired) electrons. The van der Waals surface area contributed by atoms with E-state index >= 15 is 0 Å². The van der Waals surface area contributed by atoms with Crippen LogP contribution in [0.5, 0.6) is 0 Å². The molecule has 76 valence electrons. The minimum atomic E-state index is -1.13. The molecule has 0 saturated heterocycles. The monoisotopic (exact) mass is 267 g/mol. The average molecular weight is 268 g/mol. The summed E-state index contributed by atoms with van der Waals surface area (Å²) >= 11 is 3.15. The molecule has 2 rings (SSSR count). The summed E-state index contributed by atoms with van der Waals surface area (Å²) in [6, 6.07) is 9.08. The van der Waals surface area contributed by atoms with Crippen LogP contribution < -0.4 is 0 Å². The quantitative estimate of drug-likeness (QED) is 0.909. The fraction of sp³-hybridized carbons (Fsp3) is 0. The molecule has 0 aliphatic carbocycles. The molecule has 5 heteroatoms. The average Bonchev–Trinajstić information content (AvgIpc) is 2.61. The second kappa shape index (κ2) is 3.86. The molecule has 0 amide bonds. The van der Waals surface area contributed by atoms with Crippen LogP contribution in [0.1, 0.15) is 10.6 Å². The lowest BCUT2D eigenvalue weighted by Crippen LogP contribution is -1.95. The van der Waals surface area contributed by atoms with Gasteiger partial charge in [0.05, 0.1) is 5.56 Å². The highest BCUT2D eigenvalue weighted by Gasteiger charge is 2.21. The van der Waals surface area contributed by atoms with Crippen molar-refractivity contribution in [1.29, 1.82) is 0 Å². The standard InChI is InChI=1S/C10H6BrNO3/c11-9-7(6-4-2-1-3-5-6)8(10(13)14)15-12-9/h1-5H,(H,13,14). The van der Waals surface area contributed by atoms with Crippen LogP contribution >= 0.6 is 15.9 Å². The minimum Gasteiger partial charge on any atom is -0.475 e. The van der Waals surface area contributed by atoms with Gasteiger partial charge in [-0.2, -0.15) is 0 Å². The number of benzene rings is 1. The topological polar surface area (TPSA) is 63.3 Å². The highest BCUT2D eigenvalue weighted by atomic mass is 79.9. The van der Waals surface area contributed by atoms with Crippen LogP contribution in [0, 0.1) is 0 Å². The van der Waals surface area contributed by atoms with Crippen LogP contribution in [-0.2, 0) is 0 Å². The smallest absolute Gasteiger partial charge is 0.375 e. The number of nitrogens with zero attached hydrogens (tertiary/aromatic N) is 1. The van der Waals surface area contributed by atoms with Gasteiger partial charge < -0.3 is 9.63 Å². The number of carbonyl (C=O) groups is 1. The van der Waals surface area contributed by atoms with E-state index in [-0.39, 0.29) is 5.76 Å². The van der Waals surface area contributed by atoms with E-state index in [1.165, 1.54) is 0 Å². The molecule has 0 unspecified atom stereocenters. The first kappa shape index (κ1) is 9.92. The van der Waals surface area contributed by atoms with Crippen LogP contribution in [-0.4, -0.2) is 16.2 Å². The lowest BCUT2D eigenvalue weighted by molar-refractivity contribution is 0.0653. The molecule has 0 aliphatic heterocycles. The number of rotatable bonds is 2. The number of carboxylic acids is 1. The van der Waals surface area contributed by atoms with Crippen molar-refractivity contribution in [2.24, 2.45) is 0 Å². The Kier molecular flexibility index (Phi) is 2.55. The second-order valence-corrected chi connectivity index (χ2v) is 3.60. The van der Waals surface area contributed by atoms with E-state index in [1.54, 1.807) is 12.1 Å². The number of halogens is 1. The summed E-state index contributed by atoms with van der Waals surface area (Å²) in [5.74, 6) is -1.29. The van der Waals surface area contributed by atoms with Gasteiger partial charge in [0.15, 0.2) is 4.60 Å². The predicted octanol–water partition coefficient (Wildman–Crippen LogP) is 2.80. The lowest BCUT2D eigenvalue weighted by atomic mass is 10.1. The zero-order valence-electron chi connectivity index (χ0n) is 7.48. The molecule has 0 fully saturated rings. The summed E-state index contributed by atoms with van der Waals surface area (Å²) in [4.78, 5) is 10.9. The molecule has 1 aromatic heterocycles. The van der Waals surface area contributed by atoms with Gasteiger partial charge in [-0.3, -0.25) is 0 Å². The van der Waals surface area contributed by atoms with E-state index in [0.717, 1.165) is 5.56 Å². The molecule has 0 atom stereocenters. The van der Waals surface area contributed by atoms with Crippen molar-refractivity contribution < 1.29 is 14.4 Å². The number of aromatic carboxylic acids is 1. The zero-order chi connectivity index (χ0) is 10.8. The molecule has 1 N–H and O–H groups in total. The second-order valence-electron chi connectivity index (χ2n) is 2.85. The number of carboxylic acid groups (broad SMARTS) is 1. The van der Waals surface area contributed by atoms with E-state index < -0.39 is 5.97 Å². The van der Waals surface area contributed by atoms with Gasteiger partial charge in [0.2, 0.25) is 0 Å². The highest BCUT2D eigenvalue weighted by Crippen LogP contribution is 2.30. The van der Waals surface area contributed by atoms with Crippen molar-refractivity contribution in [3.05, 3.63) is 40.7 Å². The molecule has 0 saturated carbocycles. The van der Waals surface area contributed by atoms with Gasteiger partial charge >= 0.3 is 5.97 Å². The molecular formula is C10H6BrNO3. The third kappa shape index (κ3) is 1.78. The minimum absolute atomic E-state index is 0.159. The van der Waals surface area contributed by atoms with E-state index in [2.05, 4.69) is 21.1 Å². The lowest BCUT2D eigenvalue weighted by Gasteiger charge is -1.97. The van der Waals surface area contributed by atoms with Crippen molar-refractivity contribution in [2.45, 2.75) is 0 Å². The SMILES string of the molecule is O=C(O)c1onc(Br)c1-c1ccccc1. The van der Waals surface area contributed by atoms with Gasteiger partial charge in [0, 0.05) is 0 Å². The molecule has 4 nitrogen and oxygen atoms in total. The van der Waals surface area contributed by atoms with E-state index in [9.17, 15) is 4.79 Å². The predicted molar refractivity (Wildman–Crippen MR) is 56.6 cm³/mol. The summed E-state index contributed by atoms with van der Waals surface area (Å²) in [5.41, 5.74) is 1.21. The maximum atomic E-state index is 10.9. The summed E-state index contributed by atoms with van der Waals surface area (Å²) in [5, 5.41) is 12.5. The van der Waals surface area contributed by atoms with Gasteiger partial charge in [-0.15, -0.1) is 0 Å². The van der Waals surface area contributed by atoms with E-state index in [4.69, 9.17) is 9.63 Å². The fourth-order valence-corrected chi connectivity index (χ4v) is 1.75. The van der Waals surface area contributed by atoms with Crippen molar-refractivity contribution in [3.63, 3.8) is 0 Å². The van der Waals surface area contributed by atoms with Gasteiger partial charge in [-0.1, -0.05) is 35.5 Å². The Hall–Kier alpha value is -1.62. The first-order valence-corrected chi connectivity index (χ1v) is 4.93. The molecule has 15 heavy (non-hydrogen) atoms. The third-order valence-electron chi connectivity index (χ3n) is 1.91. The Balaban J connectivity index is 2.62. The normalized spacial score (nSPS) is 10.2. The van der Waals surface area contributed by atoms with E-state index in [1.807, 2.05) is 18.2 Å². The summed E-state index contributed by atoms with van der Waals surface area (Å²) in [6.07, 6.45) is 0. The van der Waals surface area contributed by atoms with Crippen molar-refractivity contribution in [3.8, 4) is 11.1 Å². The number of hydrogen-bond acceptors (Lipinski definition) is 3. The van der Waals surface area contributed by atoms with Crippen molar-refractivity contribution in [1.82, 2.24) is 5.16 Å². The zero-order valence-corrected chi connectivity index (χ0v) is 9.06. The van der Waals surface area contributed by atoms with Crippen LogP contribution in [0.2, 0.25) is 0 Å². The molecule has 0 spiro atoms. The van der Waals surface area contributed by atoms with Gasteiger partial charge in [-0.25, -0.2) is 4.79 Å². The third-order valence-corrected chi connectivity index (χ3v) is 2.45. The summed E-state index contributed by atoms with van der Waals surface area (Å²) in [6.45, 7) is 0. The Morgan fingerprint density at radius 1 is 1.33 bits per heavy atom. The Morgan fingerprint density at radius 3 is 2.60 bits per heavy atom. The Labute approximate surface area is 93.6 Å². The van der Waals surface area contributed by atoms with Gasteiger partial charge in [-0.05, 0) is 21.5 Å². The summed E-state index contributed by atoms with van der Waals surface area (Å²) < 4.78 is 5.11. The first-order valence-electron chi connectivity index (χ1n) is 4.14. The molecule has 2 aromatic rings. The maximum Gasteiger partial charge on any atom is 0.375 e. The van der Waals surface area contributed by atoms with Gasteiger partial charge in [0.1, 0.15) is 0 Å². The Morgan fingerprint density at radius 2 is 2.00 bits per heavy atom. The first-order chi connectivity index (χ1) is 7.20. The molecular weight excluding hydrogens is 262 g/mol. The summed E-state index contributed by atoms with van der Waals surface area (Å²) in [7, 11) is 0. The van der Waals surface area contributed by atoms with Crippen LogP contribution in [0.4, 0.5) is 0 Å². The van der Waals surface area contributed by atoms with Gasteiger partial charge in [0.25, 0.3) is 5.76 Å². The maximum absolute atomic E-state index is 10.9. The van der Waals surface area contributed by atoms with Crippen LogP contribution in [0.3, 0.4) is 0 Å². The number of hydrogen-bond donors (Lipinski definition) is 1. The van der Waals surface area contributed by atoms with Crippen molar-refractivity contribution in [2.75, 3.05) is 0 Å². The molecule has 0 aliphatic rings. The van der Waals surface area contributed by atoms with Crippen molar-refractivity contribution >= 4 is 21.9 Å². The molecule has 1 heterocycles. The molecule has 1 aromatic carbocycles. The largest absolute Gasteiger partial charge is 0.475 e. The highest BCUT2D eigenvalue weighted by molar-refractivity contribution is 9.10. The fourth-order valence-electron chi connectivity index (χ4n) is 1.27. The Bertz CT molecular complexity index is 493. The van der Waals surface area contributed by atoms with E-state index in [0.29, 0.717) is 10.2 Å². The molecule has 0 bridgehead atoms.